The molecule has 0 aliphatic heterocycles. The van der Waals surface area contributed by atoms with Crippen LogP contribution in [0.1, 0.15) is 49.1 Å². The molecule has 1 aliphatic rings. The number of ether oxygens (including phenoxy) is 2. The number of methoxy groups -OCH3 is 1. The second kappa shape index (κ2) is 6.94. The minimum Gasteiger partial charge on any atom is -0.497 e. The highest BCUT2D eigenvalue weighted by Crippen LogP contribution is 2.36. The van der Waals surface area contributed by atoms with Crippen molar-refractivity contribution >= 4 is 16.9 Å². The van der Waals surface area contributed by atoms with E-state index in [1.807, 2.05) is 0 Å². The zero-order valence-electron chi connectivity index (χ0n) is 13.3. The monoisotopic (exact) mass is 318 g/mol. The van der Waals surface area contributed by atoms with Gasteiger partial charge in [-0.1, -0.05) is 25.7 Å². The first kappa shape index (κ1) is 15.7. The lowest BCUT2D eigenvalue weighted by atomic mass is 10.0. The molecule has 1 aliphatic carbocycles. The SMILES string of the molecule is COc1ccc2oc(C(=O)O)c(OCC3CCCCCC3)c2c1. The molecule has 3 rings (SSSR count). The van der Waals surface area contributed by atoms with Crippen LogP contribution in [0.3, 0.4) is 0 Å². The Hall–Kier alpha value is -2.17. The first-order valence-electron chi connectivity index (χ1n) is 8.15. The summed E-state index contributed by atoms with van der Waals surface area (Å²) >= 11 is 0. The van der Waals surface area contributed by atoms with Gasteiger partial charge in [-0.3, -0.25) is 0 Å². The summed E-state index contributed by atoms with van der Waals surface area (Å²) in [5.41, 5.74) is 0.499. The van der Waals surface area contributed by atoms with Crippen LogP contribution in [0.4, 0.5) is 0 Å². The summed E-state index contributed by atoms with van der Waals surface area (Å²) in [5, 5.41) is 10.0. The van der Waals surface area contributed by atoms with Crippen LogP contribution in [0.2, 0.25) is 0 Å². The number of furan rings is 1. The lowest BCUT2D eigenvalue weighted by molar-refractivity contribution is 0.0657. The van der Waals surface area contributed by atoms with Gasteiger partial charge in [-0.15, -0.1) is 0 Å². The first-order chi connectivity index (χ1) is 11.2. The van der Waals surface area contributed by atoms with Gasteiger partial charge in [-0.05, 0) is 37.0 Å². The first-order valence-corrected chi connectivity index (χ1v) is 8.15. The molecular formula is C18H22O5. The largest absolute Gasteiger partial charge is 0.497 e. The number of carboxylic acid groups (broad SMARTS) is 1. The van der Waals surface area contributed by atoms with Gasteiger partial charge >= 0.3 is 5.97 Å². The Morgan fingerprint density at radius 2 is 2.00 bits per heavy atom. The molecule has 0 radical (unpaired) electrons. The van der Waals surface area contributed by atoms with Gasteiger partial charge in [-0.2, -0.15) is 0 Å². The fourth-order valence-electron chi connectivity index (χ4n) is 3.20. The van der Waals surface area contributed by atoms with Gasteiger partial charge in [0.25, 0.3) is 5.76 Å². The maximum absolute atomic E-state index is 11.4. The molecule has 0 saturated heterocycles. The van der Waals surface area contributed by atoms with Gasteiger partial charge in [0.1, 0.15) is 11.3 Å². The minimum absolute atomic E-state index is 0.137. The summed E-state index contributed by atoms with van der Waals surface area (Å²) in [5.74, 6) is 0.192. The summed E-state index contributed by atoms with van der Waals surface area (Å²) in [4.78, 5) is 11.4. The number of hydrogen-bond donors (Lipinski definition) is 1. The Morgan fingerprint density at radius 1 is 1.26 bits per heavy atom. The number of benzene rings is 1. The van der Waals surface area contributed by atoms with E-state index in [2.05, 4.69) is 0 Å². The fraction of sp³-hybridized carbons (Fsp3) is 0.500. The molecule has 1 N–H and O–H groups in total. The molecule has 0 spiro atoms. The van der Waals surface area contributed by atoms with Crippen molar-refractivity contribution in [3.8, 4) is 11.5 Å². The van der Waals surface area contributed by atoms with Crippen molar-refractivity contribution in [3.05, 3.63) is 24.0 Å². The molecule has 0 amide bonds. The van der Waals surface area contributed by atoms with E-state index in [1.54, 1.807) is 25.3 Å². The predicted molar refractivity (Wildman–Crippen MR) is 86.4 cm³/mol. The van der Waals surface area contributed by atoms with Gasteiger partial charge in [0.15, 0.2) is 5.75 Å². The molecule has 5 nitrogen and oxygen atoms in total. The van der Waals surface area contributed by atoms with Gasteiger partial charge in [0, 0.05) is 0 Å². The number of fused-ring (bicyclic) bond motifs is 1. The molecule has 1 fully saturated rings. The maximum atomic E-state index is 11.4. The van der Waals surface area contributed by atoms with Crippen molar-refractivity contribution in [2.75, 3.05) is 13.7 Å². The van der Waals surface area contributed by atoms with E-state index in [0.717, 1.165) is 12.8 Å². The molecule has 23 heavy (non-hydrogen) atoms. The predicted octanol–water partition coefficient (Wildman–Crippen LogP) is 4.49. The number of carbonyl (C=O) groups is 1. The normalized spacial score (nSPS) is 16.2. The van der Waals surface area contributed by atoms with E-state index < -0.39 is 5.97 Å². The third kappa shape index (κ3) is 3.44. The zero-order valence-corrected chi connectivity index (χ0v) is 13.3. The third-order valence-electron chi connectivity index (χ3n) is 4.48. The fourth-order valence-corrected chi connectivity index (χ4v) is 3.20. The highest BCUT2D eigenvalue weighted by atomic mass is 16.5. The minimum atomic E-state index is -1.11. The van der Waals surface area contributed by atoms with E-state index >= 15 is 0 Å². The zero-order chi connectivity index (χ0) is 16.2. The van der Waals surface area contributed by atoms with Crippen LogP contribution >= 0.6 is 0 Å². The number of carboxylic acids is 1. The van der Waals surface area contributed by atoms with Gasteiger partial charge in [0.05, 0.1) is 19.1 Å². The molecule has 1 aromatic carbocycles. The van der Waals surface area contributed by atoms with Crippen LogP contribution in [-0.2, 0) is 0 Å². The molecular weight excluding hydrogens is 296 g/mol. The van der Waals surface area contributed by atoms with Crippen LogP contribution in [0.5, 0.6) is 11.5 Å². The van der Waals surface area contributed by atoms with E-state index in [-0.39, 0.29) is 5.76 Å². The molecule has 0 bridgehead atoms. The molecule has 1 aromatic heterocycles. The number of rotatable bonds is 5. The summed E-state index contributed by atoms with van der Waals surface area (Å²) in [6.45, 7) is 0.534. The summed E-state index contributed by atoms with van der Waals surface area (Å²) < 4.78 is 16.6. The standard InChI is InChI=1S/C18H22O5/c1-21-13-8-9-15-14(10-13)16(17(23-15)18(19)20)22-11-12-6-4-2-3-5-7-12/h8-10,12H,2-7,11H2,1H3,(H,19,20). The molecule has 5 heteroatoms. The quantitative estimate of drug-likeness (QED) is 0.823. The Labute approximate surface area is 135 Å². The smallest absolute Gasteiger partial charge is 0.375 e. The van der Waals surface area contributed by atoms with E-state index in [1.165, 1.54) is 25.7 Å². The Morgan fingerprint density at radius 3 is 2.65 bits per heavy atom. The average molecular weight is 318 g/mol. The summed E-state index contributed by atoms with van der Waals surface area (Å²) in [6, 6.07) is 5.21. The molecule has 1 heterocycles. The summed E-state index contributed by atoms with van der Waals surface area (Å²) in [7, 11) is 1.57. The topological polar surface area (TPSA) is 68.9 Å². The molecule has 1 saturated carbocycles. The Balaban J connectivity index is 1.87. The van der Waals surface area contributed by atoms with Gasteiger partial charge in [0.2, 0.25) is 0 Å². The van der Waals surface area contributed by atoms with Crippen molar-refractivity contribution in [3.63, 3.8) is 0 Å². The number of aromatic carboxylic acids is 1. The average Bonchev–Trinajstić information content (AvgIpc) is 2.72. The summed E-state index contributed by atoms with van der Waals surface area (Å²) in [6.07, 6.45) is 7.29. The van der Waals surface area contributed by atoms with Crippen LogP contribution < -0.4 is 9.47 Å². The highest BCUT2D eigenvalue weighted by molar-refractivity contribution is 5.98. The van der Waals surface area contributed by atoms with Crippen LogP contribution in [-0.4, -0.2) is 24.8 Å². The van der Waals surface area contributed by atoms with E-state index in [4.69, 9.17) is 13.9 Å². The lowest BCUT2D eigenvalue weighted by Gasteiger charge is -2.14. The molecule has 124 valence electrons. The van der Waals surface area contributed by atoms with Crippen LogP contribution in [0.25, 0.3) is 11.0 Å². The van der Waals surface area contributed by atoms with Crippen molar-refractivity contribution in [2.45, 2.75) is 38.5 Å². The van der Waals surface area contributed by atoms with Crippen molar-refractivity contribution in [1.82, 2.24) is 0 Å². The Kier molecular flexibility index (Phi) is 4.74. The van der Waals surface area contributed by atoms with Crippen molar-refractivity contribution in [2.24, 2.45) is 5.92 Å². The van der Waals surface area contributed by atoms with Gasteiger partial charge in [-0.25, -0.2) is 4.79 Å². The highest BCUT2D eigenvalue weighted by Gasteiger charge is 2.23. The van der Waals surface area contributed by atoms with E-state index in [9.17, 15) is 9.90 Å². The molecule has 2 aromatic rings. The second-order valence-corrected chi connectivity index (χ2v) is 6.10. The third-order valence-corrected chi connectivity index (χ3v) is 4.48. The van der Waals surface area contributed by atoms with Gasteiger partial charge < -0.3 is 19.0 Å². The van der Waals surface area contributed by atoms with E-state index in [0.29, 0.717) is 35.0 Å². The number of hydrogen-bond acceptors (Lipinski definition) is 4. The second-order valence-electron chi connectivity index (χ2n) is 6.10. The van der Waals surface area contributed by atoms with Crippen molar-refractivity contribution in [1.29, 1.82) is 0 Å². The molecule has 0 unspecified atom stereocenters. The van der Waals surface area contributed by atoms with Crippen molar-refractivity contribution < 1.29 is 23.8 Å². The van der Waals surface area contributed by atoms with Crippen LogP contribution in [0.15, 0.2) is 22.6 Å². The maximum Gasteiger partial charge on any atom is 0.375 e. The molecule has 0 atom stereocenters. The Bertz CT molecular complexity index is 680. The van der Waals surface area contributed by atoms with Crippen LogP contribution in [0, 0.1) is 5.92 Å². The lowest BCUT2D eigenvalue weighted by Crippen LogP contribution is -2.12.